The zero-order valence-electron chi connectivity index (χ0n) is 11.3. The molecule has 0 spiro atoms. The van der Waals surface area contributed by atoms with Gasteiger partial charge in [-0.25, -0.2) is 0 Å². The first-order chi connectivity index (χ1) is 9.19. The van der Waals surface area contributed by atoms with Gasteiger partial charge in [0.1, 0.15) is 0 Å². The highest BCUT2D eigenvalue weighted by atomic mass is 32.2. The highest BCUT2D eigenvalue weighted by Gasteiger charge is 2.26. The molecule has 1 amide bonds. The Bertz CT molecular complexity index is 410. The summed E-state index contributed by atoms with van der Waals surface area (Å²) in [5.74, 6) is -0.0180. The Kier molecular flexibility index (Phi) is 5.28. The fraction of sp³-hybridized carbons (Fsp3) is 0.533. The molecule has 4 heteroatoms. The second-order valence-electron chi connectivity index (χ2n) is 5.17. The van der Waals surface area contributed by atoms with Crippen molar-refractivity contribution in [3.05, 3.63) is 35.9 Å². The van der Waals surface area contributed by atoms with E-state index in [1.807, 2.05) is 42.1 Å². The van der Waals surface area contributed by atoms with Crippen LogP contribution in [0, 0.1) is 0 Å². The van der Waals surface area contributed by atoms with Crippen LogP contribution in [0.4, 0.5) is 0 Å². The van der Waals surface area contributed by atoms with Gasteiger partial charge in [-0.15, -0.1) is 0 Å². The summed E-state index contributed by atoms with van der Waals surface area (Å²) in [6, 6.07) is 9.79. The minimum absolute atomic E-state index is 0.0180. The smallest absolute Gasteiger partial charge is 0.237 e. The molecule has 1 aromatic rings. The molecule has 2 rings (SSSR count). The van der Waals surface area contributed by atoms with Gasteiger partial charge in [-0.3, -0.25) is 4.79 Å². The van der Waals surface area contributed by atoms with Crippen molar-refractivity contribution in [1.82, 2.24) is 5.32 Å². The van der Waals surface area contributed by atoms with Gasteiger partial charge in [-0.1, -0.05) is 30.3 Å². The lowest BCUT2D eigenvalue weighted by Gasteiger charge is -2.17. The number of rotatable bonds is 5. The molecule has 3 N–H and O–H groups in total. The van der Waals surface area contributed by atoms with E-state index in [1.165, 1.54) is 6.42 Å². The SMILES string of the molecule is CSC1CCC(NC(=O)[C@@H](N)Cc2ccccc2)C1. The maximum atomic E-state index is 12.1. The summed E-state index contributed by atoms with van der Waals surface area (Å²) in [6.07, 6.45) is 6.08. The molecule has 0 saturated heterocycles. The number of thioether (sulfide) groups is 1. The van der Waals surface area contributed by atoms with Crippen molar-refractivity contribution in [2.75, 3.05) is 6.26 Å². The van der Waals surface area contributed by atoms with Gasteiger partial charge in [0.25, 0.3) is 0 Å². The van der Waals surface area contributed by atoms with E-state index in [2.05, 4.69) is 11.6 Å². The summed E-state index contributed by atoms with van der Waals surface area (Å²) in [5, 5.41) is 3.78. The van der Waals surface area contributed by atoms with Crippen LogP contribution in [0.1, 0.15) is 24.8 Å². The summed E-state index contributed by atoms with van der Waals surface area (Å²) in [6.45, 7) is 0. The van der Waals surface area contributed by atoms with E-state index in [4.69, 9.17) is 5.73 Å². The Labute approximate surface area is 119 Å². The Morgan fingerprint density at radius 2 is 2.16 bits per heavy atom. The van der Waals surface area contributed by atoms with Gasteiger partial charge in [0, 0.05) is 11.3 Å². The second-order valence-corrected chi connectivity index (χ2v) is 6.31. The third-order valence-corrected chi connectivity index (χ3v) is 4.79. The van der Waals surface area contributed by atoms with Crippen molar-refractivity contribution in [2.24, 2.45) is 5.73 Å². The maximum Gasteiger partial charge on any atom is 0.237 e. The summed E-state index contributed by atoms with van der Waals surface area (Å²) < 4.78 is 0. The van der Waals surface area contributed by atoms with E-state index >= 15 is 0 Å². The van der Waals surface area contributed by atoms with Crippen LogP contribution in [0.3, 0.4) is 0 Å². The molecule has 0 aliphatic heterocycles. The third kappa shape index (κ3) is 4.25. The third-order valence-electron chi connectivity index (χ3n) is 3.70. The lowest BCUT2D eigenvalue weighted by atomic mass is 10.1. The summed E-state index contributed by atoms with van der Waals surface area (Å²) in [4.78, 5) is 12.1. The molecule has 1 fully saturated rings. The van der Waals surface area contributed by atoms with Crippen LogP contribution in [-0.4, -0.2) is 29.5 Å². The van der Waals surface area contributed by atoms with E-state index in [1.54, 1.807) is 0 Å². The molecule has 3 atom stereocenters. The Hall–Kier alpha value is -1.00. The number of carbonyl (C=O) groups excluding carboxylic acids is 1. The standard InChI is InChI=1S/C15H22N2OS/c1-19-13-8-7-12(10-13)17-15(18)14(16)9-11-5-3-2-4-6-11/h2-6,12-14H,7-10,16H2,1H3,(H,17,18)/t12?,13?,14-/m0/s1. The molecule has 0 radical (unpaired) electrons. The van der Waals surface area contributed by atoms with E-state index in [0.717, 1.165) is 18.4 Å². The Balaban J connectivity index is 1.80. The predicted molar refractivity (Wildman–Crippen MR) is 81.2 cm³/mol. The van der Waals surface area contributed by atoms with Gasteiger partial charge in [0.15, 0.2) is 0 Å². The molecular formula is C15H22N2OS. The minimum Gasteiger partial charge on any atom is -0.352 e. The number of nitrogens with two attached hydrogens (primary N) is 1. The average Bonchev–Trinajstić information content (AvgIpc) is 2.87. The highest BCUT2D eigenvalue weighted by Crippen LogP contribution is 2.28. The molecule has 19 heavy (non-hydrogen) atoms. The first kappa shape index (κ1) is 14.4. The first-order valence-electron chi connectivity index (χ1n) is 6.81. The predicted octanol–water partition coefficient (Wildman–Crippen LogP) is 1.96. The summed E-state index contributed by atoms with van der Waals surface area (Å²) in [5.41, 5.74) is 7.09. The molecule has 1 aliphatic rings. The van der Waals surface area contributed by atoms with Crippen molar-refractivity contribution in [3.63, 3.8) is 0 Å². The van der Waals surface area contributed by atoms with Crippen LogP contribution in [0.25, 0.3) is 0 Å². The van der Waals surface area contributed by atoms with Gasteiger partial charge in [-0.2, -0.15) is 11.8 Å². The maximum absolute atomic E-state index is 12.1. The van der Waals surface area contributed by atoms with Crippen LogP contribution in [-0.2, 0) is 11.2 Å². The second kappa shape index (κ2) is 6.96. The monoisotopic (exact) mass is 278 g/mol. The lowest BCUT2D eigenvalue weighted by Crippen LogP contribution is -2.45. The van der Waals surface area contributed by atoms with Crippen molar-refractivity contribution < 1.29 is 4.79 Å². The molecule has 0 bridgehead atoms. The van der Waals surface area contributed by atoms with Crippen LogP contribution in [0.5, 0.6) is 0 Å². The molecule has 2 unspecified atom stereocenters. The quantitative estimate of drug-likeness (QED) is 0.865. The number of benzene rings is 1. The molecule has 104 valence electrons. The zero-order chi connectivity index (χ0) is 13.7. The van der Waals surface area contributed by atoms with Crippen LogP contribution >= 0.6 is 11.8 Å². The Morgan fingerprint density at radius 1 is 1.42 bits per heavy atom. The Morgan fingerprint density at radius 3 is 2.79 bits per heavy atom. The van der Waals surface area contributed by atoms with Gasteiger partial charge in [0.05, 0.1) is 6.04 Å². The minimum atomic E-state index is -0.448. The van der Waals surface area contributed by atoms with Gasteiger partial charge in [-0.05, 0) is 37.5 Å². The number of hydrogen-bond acceptors (Lipinski definition) is 3. The van der Waals surface area contributed by atoms with Crippen molar-refractivity contribution in [3.8, 4) is 0 Å². The van der Waals surface area contributed by atoms with Gasteiger partial charge >= 0.3 is 0 Å². The highest BCUT2D eigenvalue weighted by molar-refractivity contribution is 7.99. The molecular weight excluding hydrogens is 256 g/mol. The average molecular weight is 278 g/mol. The fourth-order valence-electron chi connectivity index (χ4n) is 2.55. The van der Waals surface area contributed by atoms with Crippen LogP contribution < -0.4 is 11.1 Å². The van der Waals surface area contributed by atoms with E-state index in [9.17, 15) is 4.79 Å². The number of hydrogen-bond donors (Lipinski definition) is 2. The molecule has 1 saturated carbocycles. The largest absolute Gasteiger partial charge is 0.352 e. The van der Waals surface area contributed by atoms with E-state index < -0.39 is 6.04 Å². The molecule has 3 nitrogen and oxygen atoms in total. The van der Waals surface area contributed by atoms with E-state index in [-0.39, 0.29) is 5.91 Å². The van der Waals surface area contributed by atoms with Gasteiger partial charge < -0.3 is 11.1 Å². The summed E-state index contributed by atoms with van der Waals surface area (Å²) >= 11 is 1.89. The van der Waals surface area contributed by atoms with Gasteiger partial charge in [0.2, 0.25) is 5.91 Å². The first-order valence-corrected chi connectivity index (χ1v) is 8.10. The zero-order valence-corrected chi connectivity index (χ0v) is 12.2. The van der Waals surface area contributed by atoms with Crippen LogP contribution in [0.15, 0.2) is 30.3 Å². The lowest BCUT2D eigenvalue weighted by molar-refractivity contribution is -0.123. The molecule has 0 aromatic heterocycles. The topological polar surface area (TPSA) is 55.1 Å². The van der Waals surface area contributed by atoms with Crippen molar-refractivity contribution in [2.45, 2.75) is 43.0 Å². The number of amides is 1. The van der Waals surface area contributed by atoms with Crippen LogP contribution in [0.2, 0.25) is 0 Å². The molecule has 0 heterocycles. The molecule has 1 aliphatic carbocycles. The summed E-state index contributed by atoms with van der Waals surface area (Å²) in [7, 11) is 0. The molecule has 1 aromatic carbocycles. The van der Waals surface area contributed by atoms with Crippen molar-refractivity contribution >= 4 is 17.7 Å². The number of carbonyl (C=O) groups is 1. The number of nitrogens with one attached hydrogen (secondary N) is 1. The van der Waals surface area contributed by atoms with Crippen molar-refractivity contribution in [1.29, 1.82) is 0 Å². The van der Waals surface area contributed by atoms with E-state index in [0.29, 0.717) is 17.7 Å². The fourth-order valence-corrected chi connectivity index (χ4v) is 3.35. The normalized spacial score (nSPS) is 24.1.